The SMILES string of the molecule is COC(=O)N[C@@H](C)C(=O)N1[C@H](c2ncc(-c3ccc(-c4ccc(-c5cnc([C@@H]6C[C@@H]7C[C@@H]7N6C(=O)[C@H](C)NC(=O)O)[nH]5)cc4)cc3)[nH]2)C[C@H]2C[C@@H]21. The van der Waals surface area contributed by atoms with Crippen LogP contribution in [0.1, 0.15) is 63.3 Å². The quantitative estimate of drug-likeness (QED) is 0.165. The molecule has 5 N–H and O–H groups in total. The number of piperidine rings is 2. The molecule has 0 radical (unpaired) electrons. The van der Waals surface area contributed by atoms with Gasteiger partial charge in [0.1, 0.15) is 23.7 Å². The number of hydrogen-bond donors (Lipinski definition) is 5. The largest absolute Gasteiger partial charge is 0.465 e. The molecule has 4 heterocycles. The summed E-state index contributed by atoms with van der Waals surface area (Å²) in [6.07, 6.45) is 5.32. The molecule has 2 saturated heterocycles. The third-order valence-corrected chi connectivity index (χ3v) is 10.9. The number of hydrogen-bond acceptors (Lipinski definition) is 7. The monoisotopic (exact) mass is 692 g/mol. The minimum Gasteiger partial charge on any atom is -0.465 e. The van der Waals surface area contributed by atoms with E-state index in [0.29, 0.717) is 17.7 Å². The van der Waals surface area contributed by atoms with Gasteiger partial charge < -0.3 is 40.2 Å². The lowest BCUT2D eigenvalue weighted by Gasteiger charge is -2.29. The van der Waals surface area contributed by atoms with Gasteiger partial charge in [-0.15, -0.1) is 0 Å². The summed E-state index contributed by atoms with van der Waals surface area (Å²) in [5.74, 6) is 1.98. The number of ether oxygens (including phenoxy) is 1. The number of imidazole rings is 2. The first kappa shape index (κ1) is 32.5. The Bertz CT molecular complexity index is 1990. The molecular formula is C37H40N8O6. The number of methoxy groups -OCH3 is 1. The molecular weight excluding hydrogens is 652 g/mol. The number of aromatic nitrogens is 4. The molecule has 2 saturated carbocycles. The molecule has 8 atom stereocenters. The molecule has 8 rings (SSSR count). The van der Waals surface area contributed by atoms with E-state index in [9.17, 15) is 19.2 Å². The van der Waals surface area contributed by atoms with Crippen LogP contribution in [0.3, 0.4) is 0 Å². The number of nitrogens with zero attached hydrogens (tertiary/aromatic N) is 4. The van der Waals surface area contributed by atoms with Crippen molar-refractivity contribution in [1.82, 2.24) is 40.4 Å². The normalized spacial score (nSPS) is 25.4. The average Bonchev–Trinajstić information content (AvgIpc) is 3.73. The van der Waals surface area contributed by atoms with Gasteiger partial charge in [0, 0.05) is 12.1 Å². The van der Waals surface area contributed by atoms with E-state index in [2.05, 4.69) is 59.6 Å². The number of likely N-dealkylation sites (tertiary alicyclic amines) is 2. The van der Waals surface area contributed by atoms with Crippen LogP contribution in [0.4, 0.5) is 9.59 Å². The smallest absolute Gasteiger partial charge is 0.407 e. The summed E-state index contributed by atoms with van der Waals surface area (Å²) in [5, 5.41) is 14.0. The number of fused-ring (bicyclic) bond motifs is 2. The van der Waals surface area contributed by atoms with Crippen LogP contribution in [-0.4, -0.2) is 90.1 Å². The Morgan fingerprint density at radius 2 is 1.12 bits per heavy atom. The molecule has 2 aliphatic heterocycles. The third-order valence-electron chi connectivity index (χ3n) is 10.9. The molecule has 0 spiro atoms. The molecule has 0 unspecified atom stereocenters. The van der Waals surface area contributed by atoms with Crippen molar-refractivity contribution >= 4 is 24.0 Å². The van der Waals surface area contributed by atoms with Crippen molar-refractivity contribution in [1.29, 1.82) is 0 Å². The van der Waals surface area contributed by atoms with Crippen molar-refractivity contribution in [2.75, 3.05) is 7.11 Å². The highest BCUT2D eigenvalue weighted by molar-refractivity contribution is 5.87. The van der Waals surface area contributed by atoms with Gasteiger partial charge in [-0.25, -0.2) is 19.6 Å². The van der Waals surface area contributed by atoms with Crippen LogP contribution in [0.15, 0.2) is 60.9 Å². The van der Waals surface area contributed by atoms with Crippen LogP contribution < -0.4 is 10.6 Å². The summed E-state index contributed by atoms with van der Waals surface area (Å²) >= 11 is 0. The highest BCUT2D eigenvalue weighted by atomic mass is 16.5. The Balaban J connectivity index is 0.926. The van der Waals surface area contributed by atoms with E-state index in [1.807, 2.05) is 34.1 Å². The fourth-order valence-corrected chi connectivity index (χ4v) is 8.02. The highest BCUT2D eigenvalue weighted by Crippen LogP contribution is 2.54. The summed E-state index contributed by atoms with van der Waals surface area (Å²) in [5.41, 5.74) is 5.76. The highest BCUT2D eigenvalue weighted by Gasteiger charge is 2.56. The Kier molecular flexibility index (Phi) is 8.03. The van der Waals surface area contributed by atoms with Gasteiger partial charge in [-0.2, -0.15) is 0 Å². The van der Waals surface area contributed by atoms with Crippen molar-refractivity contribution in [3.63, 3.8) is 0 Å². The zero-order chi connectivity index (χ0) is 35.6. The first-order chi connectivity index (χ1) is 24.6. The molecule has 264 valence electrons. The standard InChI is InChI=1S/C37H40N8O6/c1-18(40-36(48)49)34(46)44-28-12-24(28)14-30(44)32-38-16-26(42-32)22-8-4-20(5-9-22)21-6-10-23(11-7-21)27-17-39-33(43-27)31-15-25-13-29(25)45(31)35(47)19(2)41-37(50)51-3/h4-11,16-19,24-25,28-31,40H,12-15H2,1-3H3,(H,38,42)(H,39,43)(H,41,50)(H,48,49)/t18-,19-,24-,25+,28-,29-,30-,31-/m0/s1. The summed E-state index contributed by atoms with van der Waals surface area (Å²) in [6, 6.07) is 14.8. The molecule has 4 amide bonds. The summed E-state index contributed by atoms with van der Waals surface area (Å²) in [4.78, 5) is 69.1. The lowest BCUT2D eigenvalue weighted by Crippen LogP contribution is -2.47. The number of rotatable bonds is 9. The van der Waals surface area contributed by atoms with Gasteiger partial charge in [-0.3, -0.25) is 9.59 Å². The van der Waals surface area contributed by atoms with Gasteiger partial charge in [-0.1, -0.05) is 48.5 Å². The predicted octanol–water partition coefficient (Wildman–Crippen LogP) is 4.86. The number of nitrogens with one attached hydrogen (secondary N) is 4. The van der Waals surface area contributed by atoms with Gasteiger partial charge in [0.05, 0.1) is 43.0 Å². The van der Waals surface area contributed by atoms with Crippen LogP contribution in [0.2, 0.25) is 0 Å². The summed E-state index contributed by atoms with van der Waals surface area (Å²) in [7, 11) is 1.28. The maximum absolute atomic E-state index is 13.3. The number of benzene rings is 2. The number of H-pyrrole nitrogens is 2. The predicted molar refractivity (Wildman–Crippen MR) is 185 cm³/mol. The maximum Gasteiger partial charge on any atom is 0.407 e. The topological polar surface area (TPSA) is 186 Å². The molecule has 14 heteroatoms. The minimum atomic E-state index is -1.22. The van der Waals surface area contributed by atoms with E-state index in [4.69, 9.17) is 5.11 Å². The molecule has 0 bridgehead atoms. The first-order valence-electron chi connectivity index (χ1n) is 17.4. The second kappa shape index (κ2) is 12.6. The molecule has 4 aromatic rings. The van der Waals surface area contributed by atoms with Crippen molar-refractivity contribution in [3.05, 3.63) is 72.6 Å². The van der Waals surface area contributed by atoms with Gasteiger partial charge in [0.2, 0.25) is 11.8 Å². The molecule has 2 aliphatic carbocycles. The second-order valence-electron chi connectivity index (χ2n) is 14.2. The summed E-state index contributed by atoms with van der Waals surface area (Å²) in [6.45, 7) is 3.25. The van der Waals surface area contributed by atoms with Crippen LogP contribution in [0.5, 0.6) is 0 Å². The average molecular weight is 693 g/mol. The van der Waals surface area contributed by atoms with Gasteiger partial charge in [-0.05, 0) is 73.6 Å². The number of carbonyl (C=O) groups excluding carboxylic acids is 3. The van der Waals surface area contributed by atoms with Gasteiger partial charge >= 0.3 is 12.2 Å². The number of amides is 4. The number of carbonyl (C=O) groups is 4. The van der Waals surface area contributed by atoms with Crippen LogP contribution in [0, 0.1) is 11.8 Å². The Labute approximate surface area is 294 Å². The van der Waals surface area contributed by atoms with E-state index in [1.165, 1.54) is 7.11 Å². The Morgan fingerprint density at radius 3 is 1.53 bits per heavy atom. The molecule has 2 aromatic carbocycles. The second-order valence-corrected chi connectivity index (χ2v) is 14.2. The van der Waals surface area contributed by atoms with Gasteiger partial charge in [0.15, 0.2) is 0 Å². The number of alkyl carbamates (subject to hydrolysis) is 1. The molecule has 4 aliphatic rings. The third kappa shape index (κ3) is 6.08. The summed E-state index contributed by atoms with van der Waals surface area (Å²) < 4.78 is 4.67. The van der Waals surface area contributed by atoms with Crippen LogP contribution in [0.25, 0.3) is 33.6 Å². The fraction of sp³-hybridized carbons (Fsp3) is 0.405. The lowest BCUT2D eigenvalue weighted by molar-refractivity contribution is -0.135. The van der Waals surface area contributed by atoms with E-state index in [0.717, 1.165) is 65.1 Å². The van der Waals surface area contributed by atoms with E-state index in [1.54, 1.807) is 26.2 Å². The molecule has 2 aromatic heterocycles. The Hall–Kier alpha value is -5.66. The minimum absolute atomic E-state index is 0.137. The fourth-order valence-electron chi connectivity index (χ4n) is 8.02. The van der Waals surface area contributed by atoms with E-state index in [-0.39, 0.29) is 36.0 Å². The van der Waals surface area contributed by atoms with E-state index >= 15 is 0 Å². The number of carboxylic acid groups (broad SMARTS) is 1. The number of aromatic amines is 2. The van der Waals surface area contributed by atoms with Crippen molar-refractivity contribution < 1.29 is 29.0 Å². The molecule has 51 heavy (non-hydrogen) atoms. The molecule has 14 nitrogen and oxygen atoms in total. The van der Waals surface area contributed by atoms with Crippen LogP contribution in [-0.2, 0) is 14.3 Å². The zero-order valence-corrected chi connectivity index (χ0v) is 28.5. The lowest BCUT2D eigenvalue weighted by atomic mass is 10.0. The maximum atomic E-state index is 13.3. The van der Waals surface area contributed by atoms with Gasteiger partial charge in [0.25, 0.3) is 0 Å². The zero-order valence-electron chi connectivity index (χ0n) is 28.5. The van der Waals surface area contributed by atoms with E-state index < -0.39 is 24.3 Å². The van der Waals surface area contributed by atoms with Crippen molar-refractivity contribution in [3.8, 4) is 33.6 Å². The van der Waals surface area contributed by atoms with Crippen molar-refractivity contribution in [2.45, 2.75) is 75.8 Å². The molecule has 4 fully saturated rings. The first-order valence-corrected chi connectivity index (χ1v) is 17.4. The van der Waals surface area contributed by atoms with Crippen LogP contribution >= 0.6 is 0 Å². The Morgan fingerprint density at radius 1 is 0.706 bits per heavy atom. The van der Waals surface area contributed by atoms with Crippen molar-refractivity contribution in [2.24, 2.45) is 11.8 Å².